The van der Waals surface area contributed by atoms with Crippen molar-refractivity contribution in [2.75, 3.05) is 26.4 Å². The summed E-state index contributed by atoms with van der Waals surface area (Å²) < 4.78 is 33.2. The van der Waals surface area contributed by atoms with Crippen LogP contribution in [-0.4, -0.2) is 49.3 Å². The molecule has 0 aromatic heterocycles. The number of phosphoric ester groups is 1. The summed E-state index contributed by atoms with van der Waals surface area (Å²) in [7, 11) is -4.40. The van der Waals surface area contributed by atoms with Gasteiger partial charge >= 0.3 is 19.8 Å². The van der Waals surface area contributed by atoms with Crippen molar-refractivity contribution in [3.05, 3.63) is 109 Å². The Balaban J connectivity index is 3.81. The molecule has 0 aliphatic rings. The molecule has 0 aliphatic carbocycles. The Morgan fingerprint density at radius 2 is 0.612 bits per heavy atom. The Bertz CT molecular complexity index is 1760. The summed E-state index contributed by atoms with van der Waals surface area (Å²) in [5, 5.41) is 0. The van der Waals surface area contributed by atoms with Gasteiger partial charge in [0.1, 0.15) is 6.61 Å². The molecule has 0 amide bonds. The maximum Gasteiger partial charge on any atom is 0.472 e. The quantitative estimate of drug-likeness (QED) is 0.0264. The van der Waals surface area contributed by atoms with E-state index in [2.05, 4.69) is 123 Å². The third kappa shape index (κ3) is 69.6. The number of carbonyl (C=O) groups is 2. The lowest BCUT2D eigenvalue weighted by Crippen LogP contribution is -2.29. The first-order valence-electron chi connectivity index (χ1n) is 35.4. The summed E-state index contributed by atoms with van der Waals surface area (Å²) in [6.45, 7) is 3.54. The van der Waals surface area contributed by atoms with Gasteiger partial charge in [-0.3, -0.25) is 18.6 Å². The molecule has 0 bridgehead atoms. The van der Waals surface area contributed by atoms with Gasteiger partial charge in [-0.1, -0.05) is 322 Å². The van der Waals surface area contributed by atoms with Crippen molar-refractivity contribution in [3.8, 4) is 0 Å². The molecular formula is C75H132NO8P. The van der Waals surface area contributed by atoms with E-state index in [9.17, 15) is 19.0 Å². The second-order valence-electron chi connectivity index (χ2n) is 23.3. The molecule has 0 rings (SSSR count). The summed E-state index contributed by atoms with van der Waals surface area (Å²) in [4.78, 5) is 35.4. The zero-order valence-electron chi connectivity index (χ0n) is 55.1. The minimum absolute atomic E-state index is 0.0497. The van der Waals surface area contributed by atoms with Crippen molar-refractivity contribution in [1.82, 2.24) is 0 Å². The van der Waals surface area contributed by atoms with Gasteiger partial charge in [-0.05, 0) is 96.3 Å². The third-order valence-corrected chi connectivity index (χ3v) is 16.1. The Kier molecular flexibility index (Phi) is 67.0. The van der Waals surface area contributed by atoms with Gasteiger partial charge in [-0.15, -0.1) is 0 Å². The van der Waals surface area contributed by atoms with E-state index in [1.54, 1.807) is 0 Å². The van der Waals surface area contributed by atoms with E-state index in [0.29, 0.717) is 6.42 Å². The molecule has 85 heavy (non-hydrogen) atoms. The van der Waals surface area contributed by atoms with Crippen molar-refractivity contribution < 1.29 is 37.6 Å². The van der Waals surface area contributed by atoms with Crippen molar-refractivity contribution in [3.63, 3.8) is 0 Å². The predicted molar refractivity (Wildman–Crippen MR) is 367 cm³/mol. The fourth-order valence-corrected chi connectivity index (χ4v) is 10.8. The van der Waals surface area contributed by atoms with Crippen LogP contribution < -0.4 is 5.73 Å². The number of hydrogen-bond acceptors (Lipinski definition) is 8. The van der Waals surface area contributed by atoms with E-state index in [-0.39, 0.29) is 38.6 Å². The summed E-state index contributed by atoms with van der Waals surface area (Å²) in [6.07, 6.45) is 96.2. The molecule has 0 saturated carbocycles. The Hall–Kier alpha value is -3.33. The van der Waals surface area contributed by atoms with Crippen LogP contribution in [0.5, 0.6) is 0 Å². The molecule has 0 saturated heterocycles. The molecule has 0 aromatic carbocycles. The maximum absolute atomic E-state index is 12.8. The lowest BCUT2D eigenvalue weighted by atomic mass is 10.0. The molecule has 2 unspecified atom stereocenters. The Morgan fingerprint density at radius 1 is 0.353 bits per heavy atom. The monoisotopic (exact) mass is 1210 g/mol. The topological polar surface area (TPSA) is 134 Å². The zero-order chi connectivity index (χ0) is 61.6. The van der Waals surface area contributed by atoms with E-state index in [0.717, 1.165) is 103 Å². The number of unbranched alkanes of at least 4 members (excludes halogenated alkanes) is 35. The van der Waals surface area contributed by atoms with Crippen LogP contribution in [0.4, 0.5) is 0 Å². The Labute approximate surface area is 524 Å². The lowest BCUT2D eigenvalue weighted by molar-refractivity contribution is -0.161. The van der Waals surface area contributed by atoms with Gasteiger partial charge in [0, 0.05) is 19.4 Å². The number of ether oxygens (including phenoxy) is 2. The number of nitrogens with two attached hydrogens (primary N) is 1. The molecule has 2 atom stereocenters. The molecule has 0 radical (unpaired) electrons. The van der Waals surface area contributed by atoms with Crippen LogP contribution in [0, 0.1) is 0 Å². The van der Waals surface area contributed by atoms with Crippen LogP contribution in [0.2, 0.25) is 0 Å². The highest BCUT2D eigenvalue weighted by molar-refractivity contribution is 7.47. The third-order valence-electron chi connectivity index (χ3n) is 15.2. The molecule has 9 nitrogen and oxygen atoms in total. The summed E-state index contributed by atoms with van der Waals surface area (Å²) in [5.74, 6) is -0.826. The summed E-state index contributed by atoms with van der Waals surface area (Å²) >= 11 is 0. The predicted octanol–water partition coefficient (Wildman–Crippen LogP) is 23.3. The average molecular weight is 1210 g/mol. The molecule has 0 aromatic rings. The van der Waals surface area contributed by atoms with Crippen LogP contribution in [-0.2, 0) is 32.7 Å². The minimum Gasteiger partial charge on any atom is -0.462 e. The van der Waals surface area contributed by atoms with Crippen molar-refractivity contribution in [2.24, 2.45) is 5.73 Å². The largest absolute Gasteiger partial charge is 0.472 e. The van der Waals surface area contributed by atoms with Gasteiger partial charge < -0.3 is 20.1 Å². The number of hydrogen-bond donors (Lipinski definition) is 2. The van der Waals surface area contributed by atoms with Crippen LogP contribution in [0.3, 0.4) is 0 Å². The van der Waals surface area contributed by atoms with Crippen molar-refractivity contribution >= 4 is 19.8 Å². The minimum atomic E-state index is -4.40. The number of rotatable bonds is 66. The van der Waals surface area contributed by atoms with E-state index >= 15 is 0 Å². The van der Waals surface area contributed by atoms with Crippen LogP contribution >= 0.6 is 7.82 Å². The number of phosphoric acid groups is 1. The highest BCUT2D eigenvalue weighted by Crippen LogP contribution is 2.43. The van der Waals surface area contributed by atoms with Gasteiger partial charge in [0.05, 0.1) is 13.2 Å². The molecule has 0 heterocycles. The Morgan fingerprint density at radius 3 is 0.906 bits per heavy atom. The van der Waals surface area contributed by atoms with Gasteiger partial charge in [0.25, 0.3) is 0 Å². The first kappa shape index (κ1) is 81.7. The standard InChI is InChI=1S/C75H132NO8P/c1-3-5-7-9-11-13-15-17-19-21-23-25-27-29-30-31-32-33-34-35-36-37-38-39-40-41-42-44-45-47-49-51-53-55-57-59-61-63-65-67-74(77)81-71-73(72-83-85(79,80)82-70-69-76)84-75(78)68-66-64-62-60-58-56-54-52-50-48-46-43-28-26-24-22-20-18-16-14-12-10-8-6-4-2/h5-8,11-14,17-20,23-26,43,46,73H,3-4,9-10,15-16,21-22,27-42,44-45,47-72,76H2,1-2H3,(H,79,80)/b7-5-,8-6-,13-11-,14-12-,19-17-,20-18-,25-23-,26-24-,46-43-. The molecule has 490 valence electrons. The fourth-order valence-electron chi connectivity index (χ4n) is 10.0. The average Bonchev–Trinajstić information content (AvgIpc) is 3.52. The summed E-state index contributed by atoms with van der Waals surface area (Å²) in [6, 6.07) is 0. The second-order valence-corrected chi connectivity index (χ2v) is 24.8. The molecular weight excluding hydrogens is 1070 g/mol. The van der Waals surface area contributed by atoms with Crippen LogP contribution in [0.15, 0.2) is 109 Å². The first-order valence-corrected chi connectivity index (χ1v) is 36.9. The number of carbonyl (C=O) groups excluding carboxylic acids is 2. The normalized spacial score (nSPS) is 13.6. The highest BCUT2D eigenvalue weighted by Gasteiger charge is 2.26. The van der Waals surface area contributed by atoms with E-state index in [1.165, 1.54) is 186 Å². The van der Waals surface area contributed by atoms with E-state index in [1.807, 2.05) is 0 Å². The molecule has 0 aliphatic heterocycles. The number of esters is 2. The van der Waals surface area contributed by atoms with E-state index < -0.39 is 26.5 Å². The van der Waals surface area contributed by atoms with Crippen LogP contribution in [0.25, 0.3) is 0 Å². The van der Waals surface area contributed by atoms with Gasteiger partial charge in [-0.25, -0.2) is 4.57 Å². The van der Waals surface area contributed by atoms with Crippen molar-refractivity contribution in [2.45, 2.75) is 328 Å². The van der Waals surface area contributed by atoms with Gasteiger partial charge in [0.2, 0.25) is 0 Å². The molecule has 0 fully saturated rings. The highest BCUT2D eigenvalue weighted by atomic mass is 31.2. The molecule has 0 spiro atoms. The fraction of sp³-hybridized carbons (Fsp3) is 0.733. The zero-order valence-corrected chi connectivity index (χ0v) is 56.0. The van der Waals surface area contributed by atoms with E-state index in [4.69, 9.17) is 24.3 Å². The van der Waals surface area contributed by atoms with Gasteiger partial charge in [0.15, 0.2) is 6.10 Å². The summed E-state index contributed by atoms with van der Waals surface area (Å²) in [5.41, 5.74) is 5.40. The first-order chi connectivity index (χ1) is 41.8. The SMILES string of the molecule is CC/C=C\C/C=C\C/C=C\C/C=C\C/C=C\CCCCCCCCCCCC(=O)OC(COC(=O)CCCCCCCCCCCCCCCCCCCCCCCCCCCC/C=C\C/C=C\C/C=C\C/C=C\CC)COP(=O)(O)OCCN. The lowest BCUT2D eigenvalue weighted by Gasteiger charge is -2.19. The van der Waals surface area contributed by atoms with Gasteiger partial charge in [-0.2, -0.15) is 0 Å². The van der Waals surface area contributed by atoms with Crippen molar-refractivity contribution in [1.29, 1.82) is 0 Å². The smallest absolute Gasteiger partial charge is 0.462 e. The molecule has 10 heteroatoms. The second kappa shape index (κ2) is 69.8. The number of allylic oxidation sites excluding steroid dienone is 18. The maximum atomic E-state index is 12.8. The molecule has 3 N–H and O–H groups in total. The van der Waals surface area contributed by atoms with Crippen LogP contribution in [0.1, 0.15) is 322 Å².